The van der Waals surface area contributed by atoms with Gasteiger partial charge < -0.3 is 9.47 Å². The molecule has 0 bridgehead atoms. The van der Waals surface area contributed by atoms with E-state index in [9.17, 15) is 4.79 Å². The molecule has 1 aliphatic carbocycles. The Bertz CT molecular complexity index is 247. The van der Waals surface area contributed by atoms with Crippen LogP contribution in [0.2, 0.25) is 0 Å². The van der Waals surface area contributed by atoms with Crippen LogP contribution in [-0.4, -0.2) is 30.7 Å². The van der Waals surface area contributed by atoms with E-state index in [2.05, 4.69) is 0 Å². The van der Waals surface area contributed by atoms with Gasteiger partial charge in [0.15, 0.2) is 5.78 Å². The maximum absolute atomic E-state index is 11.2. The van der Waals surface area contributed by atoms with Gasteiger partial charge in [-0.15, -0.1) is 0 Å². The Morgan fingerprint density at radius 3 is 3.23 bits per heavy atom. The monoisotopic (exact) mass is 182 g/mol. The zero-order chi connectivity index (χ0) is 9.31. The topological polar surface area (TPSA) is 35.5 Å². The van der Waals surface area contributed by atoms with Crippen LogP contribution in [-0.2, 0) is 14.3 Å². The molecular weight excluding hydrogens is 168 g/mol. The molecule has 3 heteroatoms. The molecule has 2 aliphatic rings. The molecule has 0 unspecified atom stereocenters. The van der Waals surface area contributed by atoms with Gasteiger partial charge in [-0.25, -0.2) is 0 Å². The van der Waals surface area contributed by atoms with E-state index < -0.39 is 0 Å². The minimum atomic E-state index is -0.385. The minimum Gasteiger partial charge on any atom is -0.374 e. The molecule has 0 aromatic carbocycles. The van der Waals surface area contributed by atoms with Crippen molar-refractivity contribution in [3.05, 3.63) is 12.2 Å². The number of carbonyl (C=O) groups excluding carboxylic acids is 1. The number of allylic oxidation sites excluding steroid dienone is 1. The standard InChI is InChI=1S/C10H14O3/c1-10-4-3-8(11)7-9(10)12-5-2-6-13-10/h3-4,9H,2,5-7H2,1H3/t9-,10+/m0/s1. The molecule has 0 amide bonds. The van der Waals surface area contributed by atoms with Gasteiger partial charge in [-0.05, 0) is 25.5 Å². The van der Waals surface area contributed by atoms with Crippen molar-refractivity contribution < 1.29 is 14.3 Å². The molecule has 0 aromatic rings. The summed E-state index contributed by atoms with van der Waals surface area (Å²) in [4.78, 5) is 11.2. The number of carbonyl (C=O) groups is 1. The predicted octanol–water partition coefficient (Wildman–Crippen LogP) is 1.08. The third-order valence-corrected chi connectivity index (χ3v) is 2.65. The number of fused-ring (bicyclic) bond motifs is 1. The largest absolute Gasteiger partial charge is 0.374 e. The van der Waals surface area contributed by atoms with Crippen molar-refractivity contribution in [2.24, 2.45) is 0 Å². The Balaban J connectivity index is 2.22. The van der Waals surface area contributed by atoms with Crippen molar-refractivity contribution in [3.63, 3.8) is 0 Å². The number of hydrogen-bond acceptors (Lipinski definition) is 3. The number of ether oxygens (including phenoxy) is 2. The lowest BCUT2D eigenvalue weighted by molar-refractivity contribution is -0.127. The Labute approximate surface area is 77.7 Å². The van der Waals surface area contributed by atoms with Crippen LogP contribution in [0.4, 0.5) is 0 Å². The van der Waals surface area contributed by atoms with Crippen LogP contribution < -0.4 is 0 Å². The average Bonchev–Trinajstić information content (AvgIpc) is 2.28. The van der Waals surface area contributed by atoms with E-state index in [1.165, 1.54) is 0 Å². The molecule has 1 heterocycles. The van der Waals surface area contributed by atoms with Crippen molar-refractivity contribution >= 4 is 5.78 Å². The van der Waals surface area contributed by atoms with Gasteiger partial charge in [0.2, 0.25) is 0 Å². The van der Waals surface area contributed by atoms with Gasteiger partial charge >= 0.3 is 0 Å². The molecule has 0 N–H and O–H groups in total. The summed E-state index contributed by atoms with van der Waals surface area (Å²) in [6.07, 6.45) is 4.70. The summed E-state index contributed by atoms with van der Waals surface area (Å²) in [6.45, 7) is 3.39. The first-order chi connectivity index (χ1) is 6.21. The Kier molecular flexibility index (Phi) is 2.22. The van der Waals surface area contributed by atoms with Crippen LogP contribution in [0, 0.1) is 0 Å². The molecule has 1 fully saturated rings. The summed E-state index contributed by atoms with van der Waals surface area (Å²) in [6, 6.07) is 0. The fourth-order valence-electron chi connectivity index (χ4n) is 1.76. The first kappa shape index (κ1) is 8.91. The van der Waals surface area contributed by atoms with Gasteiger partial charge in [0, 0.05) is 13.0 Å². The second-order valence-corrected chi connectivity index (χ2v) is 3.75. The molecule has 0 saturated carbocycles. The summed E-state index contributed by atoms with van der Waals surface area (Å²) in [7, 11) is 0. The van der Waals surface area contributed by atoms with Crippen molar-refractivity contribution in [1.29, 1.82) is 0 Å². The SMILES string of the molecule is C[C@@]12C=CC(=O)C[C@@H]1OCCCO2. The average molecular weight is 182 g/mol. The smallest absolute Gasteiger partial charge is 0.158 e. The Morgan fingerprint density at radius 1 is 1.54 bits per heavy atom. The Hall–Kier alpha value is -0.670. The van der Waals surface area contributed by atoms with Gasteiger partial charge in [0.05, 0.1) is 12.7 Å². The summed E-state index contributed by atoms with van der Waals surface area (Å²) in [5.41, 5.74) is -0.385. The maximum atomic E-state index is 11.2. The highest BCUT2D eigenvalue weighted by molar-refractivity contribution is 5.91. The molecule has 2 atom stereocenters. The summed E-state index contributed by atoms with van der Waals surface area (Å²) in [5, 5.41) is 0. The highest BCUT2D eigenvalue weighted by atomic mass is 16.6. The van der Waals surface area contributed by atoms with E-state index in [1.807, 2.05) is 13.0 Å². The molecule has 13 heavy (non-hydrogen) atoms. The van der Waals surface area contributed by atoms with Gasteiger partial charge in [0.25, 0.3) is 0 Å². The lowest BCUT2D eigenvalue weighted by atomic mass is 9.89. The third kappa shape index (κ3) is 1.67. The molecular formula is C10H14O3. The Morgan fingerprint density at radius 2 is 2.38 bits per heavy atom. The van der Waals surface area contributed by atoms with E-state index in [0.717, 1.165) is 6.42 Å². The fraction of sp³-hybridized carbons (Fsp3) is 0.700. The molecule has 0 spiro atoms. The van der Waals surface area contributed by atoms with Crippen LogP contribution in [0.1, 0.15) is 19.8 Å². The van der Waals surface area contributed by atoms with E-state index in [0.29, 0.717) is 19.6 Å². The molecule has 0 radical (unpaired) electrons. The maximum Gasteiger partial charge on any atom is 0.158 e. The van der Waals surface area contributed by atoms with Crippen LogP contribution in [0.15, 0.2) is 12.2 Å². The number of ketones is 1. The third-order valence-electron chi connectivity index (χ3n) is 2.65. The van der Waals surface area contributed by atoms with Gasteiger partial charge in [-0.3, -0.25) is 4.79 Å². The summed E-state index contributed by atoms with van der Waals surface area (Å²) in [5.74, 6) is 0.132. The molecule has 2 rings (SSSR count). The number of hydrogen-bond donors (Lipinski definition) is 0. The van der Waals surface area contributed by atoms with Crippen molar-refractivity contribution in [2.45, 2.75) is 31.5 Å². The van der Waals surface area contributed by atoms with E-state index >= 15 is 0 Å². The fourth-order valence-corrected chi connectivity index (χ4v) is 1.76. The number of rotatable bonds is 0. The quantitative estimate of drug-likeness (QED) is 0.562. The zero-order valence-electron chi connectivity index (χ0n) is 7.79. The van der Waals surface area contributed by atoms with Crippen LogP contribution in [0.3, 0.4) is 0 Å². The van der Waals surface area contributed by atoms with Crippen LogP contribution in [0.5, 0.6) is 0 Å². The first-order valence-electron chi connectivity index (χ1n) is 4.68. The minimum absolute atomic E-state index is 0.0903. The first-order valence-corrected chi connectivity index (χ1v) is 4.68. The second-order valence-electron chi connectivity index (χ2n) is 3.75. The predicted molar refractivity (Wildman–Crippen MR) is 47.5 cm³/mol. The van der Waals surface area contributed by atoms with Gasteiger partial charge in [0.1, 0.15) is 5.60 Å². The molecule has 3 nitrogen and oxygen atoms in total. The lowest BCUT2D eigenvalue weighted by Crippen LogP contribution is -2.44. The van der Waals surface area contributed by atoms with Crippen molar-refractivity contribution in [2.75, 3.05) is 13.2 Å². The van der Waals surface area contributed by atoms with E-state index in [-0.39, 0.29) is 17.5 Å². The molecule has 1 aliphatic heterocycles. The van der Waals surface area contributed by atoms with Gasteiger partial charge in [-0.1, -0.05) is 0 Å². The second kappa shape index (κ2) is 3.24. The lowest BCUT2D eigenvalue weighted by Gasteiger charge is -2.34. The van der Waals surface area contributed by atoms with E-state index in [1.54, 1.807) is 6.08 Å². The summed E-state index contributed by atoms with van der Waals surface area (Å²) < 4.78 is 11.3. The van der Waals surface area contributed by atoms with Gasteiger partial charge in [-0.2, -0.15) is 0 Å². The highest BCUT2D eigenvalue weighted by Gasteiger charge is 2.39. The molecule has 72 valence electrons. The summed E-state index contributed by atoms with van der Waals surface area (Å²) >= 11 is 0. The molecule has 0 aromatic heterocycles. The van der Waals surface area contributed by atoms with Crippen molar-refractivity contribution in [3.8, 4) is 0 Å². The normalized spacial score (nSPS) is 39.8. The van der Waals surface area contributed by atoms with Crippen LogP contribution >= 0.6 is 0 Å². The zero-order valence-corrected chi connectivity index (χ0v) is 7.79. The van der Waals surface area contributed by atoms with Crippen LogP contribution in [0.25, 0.3) is 0 Å². The molecule has 1 saturated heterocycles. The van der Waals surface area contributed by atoms with Crippen molar-refractivity contribution in [1.82, 2.24) is 0 Å². The highest BCUT2D eigenvalue weighted by Crippen LogP contribution is 2.29. The van der Waals surface area contributed by atoms with E-state index in [4.69, 9.17) is 9.47 Å².